The van der Waals surface area contributed by atoms with E-state index in [-0.39, 0.29) is 43.0 Å². The van der Waals surface area contributed by atoms with Crippen molar-refractivity contribution < 1.29 is 27.5 Å². The fourth-order valence-corrected chi connectivity index (χ4v) is 4.94. The summed E-state index contributed by atoms with van der Waals surface area (Å²) in [4.78, 5) is 29.5. The second-order valence-corrected chi connectivity index (χ2v) is 9.54. The van der Waals surface area contributed by atoms with Gasteiger partial charge in [-0.1, -0.05) is 23.7 Å². The summed E-state index contributed by atoms with van der Waals surface area (Å²) < 4.78 is 46.7. The van der Waals surface area contributed by atoms with Crippen molar-refractivity contribution in [3.8, 4) is 5.75 Å². The van der Waals surface area contributed by atoms with E-state index >= 15 is 0 Å². The van der Waals surface area contributed by atoms with Gasteiger partial charge in [0.1, 0.15) is 11.9 Å². The molecule has 4 rings (SSSR count). The highest BCUT2D eigenvalue weighted by atomic mass is 35.5. The lowest BCUT2D eigenvalue weighted by atomic mass is 9.89. The van der Waals surface area contributed by atoms with Crippen LogP contribution >= 0.6 is 11.6 Å². The van der Waals surface area contributed by atoms with Gasteiger partial charge in [0.15, 0.2) is 0 Å². The van der Waals surface area contributed by atoms with Gasteiger partial charge >= 0.3 is 6.18 Å². The molecule has 188 valence electrons. The molecule has 2 atom stereocenters. The summed E-state index contributed by atoms with van der Waals surface area (Å²) in [7, 11) is 0. The van der Waals surface area contributed by atoms with Crippen LogP contribution in [0.2, 0.25) is 5.02 Å². The fraction of sp³-hybridized carbons (Fsp3) is 0.462. The predicted octanol–water partition coefficient (Wildman–Crippen LogP) is 5.67. The van der Waals surface area contributed by atoms with Crippen molar-refractivity contribution in [3.05, 3.63) is 64.7 Å². The Bertz CT molecular complexity index is 1040. The maximum absolute atomic E-state index is 13.5. The molecule has 2 heterocycles. The maximum Gasteiger partial charge on any atom is 0.417 e. The number of rotatable bonds is 5. The quantitative estimate of drug-likeness (QED) is 0.523. The van der Waals surface area contributed by atoms with Crippen molar-refractivity contribution in [3.63, 3.8) is 0 Å². The van der Waals surface area contributed by atoms with E-state index in [1.807, 2.05) is 4.90 Å². The van der Waals surface area contributed by atoms with Crippen LogP contribution in [0.3, 0.4) is 0 Å². The Morgan fingerprint density at radius 2 is 1.63 bits per heavy atom. The highest BCUT2D eigenvalue weighted by molar-refractivity contribution is 6.30. The van der Waals surface area contributed by atoms with E-state index in [1.54, 1.807) is 24.3 Å². The minimum absolute atomic E-state index is 0.00982. The SMILES string of the molecule is O=C(C[C@H]1CN(C(=O)c2ccccc2C(F)(F)F)CC[C@@H]1Oc1ccc(Cl)cc1)N1CCCCC1. The smallest absolute Gasteiger partial charge is 0.417 e. The van der Waals surface area contributed by atoms with Gasteiger partial charge in [0.2, 0.25) is 5.91 Å². The molecule has 0 spiro atoms. The Labute approximate surface area is 207 Å². The van der Waals surface area contributed by atoms with Gasteiger partial charge in [-0.3, -0.25) is 9.59 Å². The van der Waals surface area contributed by atoms with E-state index in [0.29, 0.717) is 30.3 Å². The summed E-state index contributed by atoms with van der Waals surface area (Å²) >= 11 is 5.96. The molecule has 0 saturated carbocycles. The normalized spacial score (nSPS) is 21.0. The second-order valence-electron chi connectivity index (χ2n) is 9.10. The summed E-state index contributed by atoms with van der Waals surface area (Å²) in [5, 5.41) is 0.568. The van der Waals surface area contributed by atoms with Crippen molar-refractivity contribution >= 4 is 23.4 Å². The second kappa shape index (κ2) is 10.9. The number of alkyl halides is 3. The molecule has 2 aromatic rings. The number of ether oxygens (including phenoxy) is 1. The lowest BCUT2D eigenvalue weighted by molar-refractivity contribution is -0.138. The van der Waals surface area contributed by atoms with Crippen molar-refractivity contribution in [2.24, 2.45) is 5.92 Å². The first-order valence-electron chi connectivity index (χ1n) is 11.9. The van der Waals surface area contributed by atoms with E-state index in [1.165, 1.54) is 23.1 Å². The summed E-state index contributed by atoms with van der Waals surface area (Å²) in [6.45, 7) is 1.78. The third-order valence-corrected chi connectivity index (χ3v) is 6.91. The average molecular weight is 509 g/mol. The number of benzene rings is 2. The van der Waals surface area contributed by atoms with E-state index in [4.69, 9.17) is 16.3 Å². The van der Waals surface area contributed by atoms with Gasteiger partial charge in [-0.15, -0.1) is 0 Å². The van der Waals surface area contributed by atoms with Gasteiger partial charge in [0, 0.05) is 50.0 Å². The summed E-state index contributed by atoms with van der Waals surface area (Å²) in [6, 6.07) is 11.7. The molecule has 0 unspecified atom stereocenters. The van der Waals surface area contributed by atoms with Crippen molar-refractivity contribution in [1.82, 2.24) is 9.80 Å². The van der Waals surface area contributed by atoms with Crippen LogP contribution in [0.4, 0.5) is 13.2 Å². The molecule has 2 saturated heterocycles. The molecule has 0 aliphatic carbocycles. The minimum Gasteiger partial charge on any atom is -0.490 e. The first-order chi connectivity index (χ1) is 16.7. The Kier molecular flexibility index (Phi) is 7.89. The van der Waals surface area contributed by atoms with Crippen molar-refractivity contribution in [1.29, 1.82) is 0 Å². The number of hydrogen-bond donors (Lipinski definition) is 0. The predicted molar refractivity (Wildman–Crippen MR) is 126 cm³/mol. The molecule has 0 radical (unpaired) electrons. The molecular formula is C26H28ClF3N2O3. The van der Waals surface area contributed by atoms with Gasteiger partial charge in [-0.2, -0.15) is 13.2 Å². The highest BCUT2D eigenvalue weighted by Gasteiger charge is 2.39. The summed E-state index contributed by atoms with van der Waals surface area (Å²) in [5.74, 6) is -0.449. The molecule has 0 aromatic heterocycles. The molecule has 0 bridgehead atoms. The van der Waals surface area contributed by atoms with Gasteiger partial charge < -0.3 is 14.5 Å². The van der Waals surface area contributed by atoms with Crippen molar-refractivity contribution in [2.75, 3.05) is 26.2 Å². The molecule has 2 aliphatic rings. The lowest BCUT2D eigenvalue weighted by Crippen LogP contribution is -2.50. The zero-order valence-corrected chi connectivity index (χ0v) is 20.0. The lowest BCUT2D eigenvalue weighted by Gasteiger charge is -2.39. The standard InChI is InChI=1S/C26H28ClF3N2O3/c27-19-8-10-20(11-9-19)35-23-12-15-32(17-18(23)16-24(33)31-13-4-1-5-14-31)25(34)21-6-2-3-7-22(21)26(28,29)30/h2-3,6-11,18,23H,1,4-5,12-17H2/t18-,23-/m0/s1. The third kappa shape index (κ3) is 6.28. The zero-order chi connectivity index (χ0) is 25.0. The monoisotopic (exact) mass is 508 g/mol. The van der Waals surface area contributed by atoms with Crippen LogP contribution in [0.15, 0.2) is 48.5 Å². The molecular weight excluding hydrogens is 481 g/mol. The number of hydrogen-bond acceptors (Lipinski definition) is 3. The molecule has 2 amide bonds. The Hall–Kier alpha value is -2.74. The minimum atomic E-state index is -4.63. The maximum atomic E-state index is 13.5. The topological polar surface area (TPSA) is 49.9 Å². The number of carbonyl (C=O) groups excluding carboxylic acids is 2. The van der Waals surface area contributed by atoms with E-state index in [9.17, 15) is 22.8 Å². The highest BCUT2D eigenvalue weighted by Crippen LogP contribution is 2.34. The van der Waals surface area contributed by atoms with E-state index < -0.39 is 17.6 Å². The van der Waals surface area contributed by atoms with Crippen LogP contribution in [0.1, 0.15) is 48.0 Å². The fourth-order valence-electron chi connectivity index (χ4n) is 4.82. The molecule has 2 aliphatic heterocycles. The molecule has 2 fully saturated rings. The van der Waals surface area contributed by atoms with Gasteiger partial charge in [-0.05, 0) is 55.7 Å². The number of carbonyl (C=O) groups is 2. The first kappa shape index (κ1) is 25.4. The molecule has 2 aromatic carbocycles. The summed E-state index contributed by atoms with van der Waals surface area (Å²) in [6.07, 6.45) is -1.40. The van der Waals surface area contributed by atoms with Crippen LogP contribution in [0.25, 0.3) is 0 Å². The number of piperidine rings is 2. The van der Waals surface area contributed by atoms with Crippen LogP contribution in [0.5, 0.6) is 5.75 Å². The zero-order valence-electron chi connectivity index (χ0n) is 19.3. The van der Waals surface area contributed by atoms with Crippen LogP contribution in [-0.4, -0.2) is 53.9 Å². The molecule has 35 heavy (non-hydrogen) atoms. The summed E-state index contributed by atoms with van der Waals surface area (Å²) in [5.41, 5.74) is -1.33. The molecule has 9 heteroatoms. The average Bonchev–Trinajstić information content (AvgIpc) is 2.86. The van der Waals surface area contributed by atoms with Gasteiger partial charge in [0.05, 0.1) is 11.1 Å². The van der Waals surface area contributed by atoms with E-state index in [2.05, 4.69) is 0 Å². The van der Waals surface area contributed by atoms with Crippen molar-refractivity contribution in [2.45, 2.75) is 44.4 Å². The number of likely N-dealkylation sites (tertiary alicyclic amines) is 2. The van der Waals surface area contributed by atoms with Crippen LogP contribution in [-0.2, 0) is 11.0 Å². The van der Waals surface area contributed by atoms with Crippen LogP contribution in [0, 0.1) is 5.92 Å². The van der Waals surface area contributed by atoms with Gasteiger partial charge in [-0.25, -0.2) is 0 Å². The number of halogens is 4. The molecule has 5 nitrogen and oxygen atoms in total. The Balaban J connectivity index is 1.53. The van der Waals surface area contributed by atoms with E-state index in [0.717, 1.165) is 25.3 Å². The third-order valence-electron chi connectivity index (χ3n) is 6.66. The molecule has 0 N–H and O–H groups in total. The Morgan fingerprint density at radius 3 is 2.31 bits per heavy atom. The number of nitrogens with zero attached hydrogens (tertiary/aromatic N) is 2. The Morgan fingerprint density at radius 1 is 0.943 bits per heavy atom. The van der Waals surface area contributed by atoms with Gasteiger partial charge in [0.25, 0.3) is 5.91 Å². The first-order valence-corrected chi connectivity index (χ1v) is 12.3. The number of amides is 2. The van der Waals surface area contributed by atoms with Crippen LogP contribution < -0.4 is 4.74 Å². The largest absolute Gasteiger partial charge is 0.490 e.